The average Bonchev–Trinajstić information content (AvgIpc) is 2.90. The Balaban J connectivity index is 2.42. The lowest BCUT2D eigenvalue weighted by Crippen LogP contribution is -2.30. The molecule has 122 valence electrons. The van der Waals surface area contributed by atoms with Crippen LogP contribution >= 0.6 is 11.3 Å². The number of halogens is 3. The van der Waals surface area contributed by atoms with E-state index in [4.69, 9.17) is 4.74 Å². The SMILES string of the molecule is COc1ccc(-c2csc(NC(=O)C(F)(F)F)c2C(=O)O)cc1. The first-order valence-corrected chi connectivity index (χ1v) is 6.99. The summed E-state index contributed by atoms with van der Waals surface area (Å²) in [5, 5.41) is 11.9. The summed E-state index contributed by atoms with van der Waals surface area (Å²) in [6.07, 6.45) is -5.10. The summed E-state index contributed by atoms with van der Waals surface area (Å²) in [5.74, 6) is -3.11. The monoisotopic (exact) mass is 345 g/mol. The number of carbonyl (C=O) groups is 2. The number of alkyl halides is 3. The molecule has 0 atom stereocenters. The molecule has 5 nitrogen and oxygen atoms in total. The van der Waals surface area contributed by atoms with E-state index in [1.165, 1.54) is 12.5 Å². The standard InChI is InChI=1S/C14H10F3NO4S/c1-22-8-4-2-7(3-5-8)9-6-23-11(10(9)12(19)20)18-13(21)14(15,16)17/h2-6H,1H3,(H,18,21)(H,19,20). The van der Waals surface area contributed by atoms with Crippen molar-refractivity contribution < 1.29 is 32.6 Å². The molecule has 0 spiro atoms. The second-order valence-corrected chi connectivity index (χ2v) is 5.22. The number of anilines is 1. The minimum atomic E-state index is -5.10. The van der Waals surface area contributed by atoms with Gasteiger partial charge in [-0.15, -0.1) is 11.3 Å². The summed E-state index contributed by atoms with van der Waals surface area (Å²) in [6.45, 7) is 0. The van der Waals surface area contributed by atoms with Gasteiger partial charge in [-0.3, -0.25) is 4.79 Å². The summed E-state index contributed by atoms with van der Waals surface area (Å²) >= 11 is 0.710. The van der Waals surface area contributed by atoms with Gasteiger partial charge in [0.2, 0.25) is 0 Å². The van der Waals surface area contributed by atoms with E-state index in [9.17, 15) is 27.9 Å². The molecule has 0 saturated carbocycles. The van der Waals surface area contributed by atoms with Crippen LogP contribution in [-0.2, 0) is 4.79 Å². The van der Waals surface area contributed by atoms with Crippen LogP contribution in [0.4, 0.5) is 18.2 Å². The summed E-state index contributed by atoms with van der Waals surface area (Å²) in [7, 11) is 1.47. The maximum Gasteiger partial charge on any atom is 0.471 e. The van der Waals surface area contributed by atoms with Gasteiger partial charge in [-0.25, -0.2) is 4.79 Å². The lowest BCUT2D eigenvalue weighted by molar-refractivity contribution is -0.167. The van der Waals surface area contributed by atoms with Crippen molar-refractivity contribution in [2.24, 2.45) is 0 Å². The second kappa shape index (κ2) is 6.29. The zero-order valence-corrected chi connectivity index (χ0v) is 12.4. The number of carboxylic acid groups (broad SMARTS) is 1. The van der Waals surface area contributed by atoms with Gasteiger partial charge in [-0.2, -0.15) is 13.2 Å². The van der Waals surface area contributed by atoms with E-state index < -0.39 is 23.6 Å². The number of carboxylic acids is 1. The molecular weight excluding hydrogens is 335 g/mol. The van der Waals surface area contributed by atoms with Crippen LogP contribution < -0.4 is 10.1 Å². The number of thiophene rings is 1. The molecule has 1 aromatic heterocycles. The van der Waals surface area contributed by atoms with E-state index in [0.717, 1.165) is 0 Å². The maximum atomic E-state index is 12.3. The fourth-order valence-corrected chi connectivity index (χ4v) is 2.78. The summed E-state index contributed by atoms with van der Waals surface area (Å²) in [6, 6.07) is 6.32. The second-order valence-electron chi connectivity index (χ2n) is 4.34. The summed E-state index contributed by atoms with van der Waals surface area (Å²) in [4.78, 5) is 22.4. The lowest BCUT2D eigenvalue weighted by atomic mass is 10.0. The first-order valence-electron chi connectivity index (χ1n) is 6.11. The Morgan fingerprint density at radius 1 is 1.22 bits per heavy atom. The third-order valence-electron chi connectivity index (χ3n) is 2.89. The highest BCUT2D eigenvalue weighted by Crippen LogP contribution is 2.37. The molecule has 1 amide bonds. The molecule has 0 aliphatic carbocycles. The quantitative estimate of drug-likeness (QED) is 0.887. The van der Waals surface area contributed by atoms with Crippen LogP contribution in [0.25, 0.3) is 11.1 Å². The Morgan fingerprint density at radius 3 is 2.30 bits per heavy atom. The number of nitrogens with one attached hydrogen (secondary N) is 1. The Bertz CT molecular complexity index is 737. The topological polar surface area (TPSA) is 75.6 Å². The van der Waals surface area contributed by atoms with Gasteiger partial charge in [0.25, 0.3) is 0 Å². The van der Waals surface area contributed by atoms with E-state index in [1.54, 1.807) is 29.6 Å². The van der Waals surface area contributed by atoms with Crippen LogP contribution in [-0.4, -0.2) is 30.3 Å². The largest absolute Gasteiger partial charge is 0.497 e. The predicted molar refractivity (Wildman–Crippen MR) is 78.0 cm³/mol. The zero-order valence-electron chi connectivity index (χ0n) is 11.6. The van der Waals surface area contributed by atoms with E-state index in [-0.39, 0.29) is 10.6 Å². The van der Waals surface area contributed by atoms with Crippen molar-refractivity contribution in [3.05, 3.63) is 35.2 Å². The fraction of sp³-hybridized carbons (Fsp3) is 0.143. The molecule has 0 radical (unpaired) electrons. The Kier molecular flexibility index (Phi) is 4.60. The van der Waals surface area contributed by atoms with E-state index in [1.807, 2.05) is 0 Å². The van der Waals surface area contributed by atoms with Gasteiger partial charge in [0, 0.05) is 10.9 Å². The molecule has 23 heavy (non-hydrogen) atoms. The zero-order chi connectivity index (χ0) is 17.2. The molecule has 2 rings (SSSR count). The number of amides is 1. The smallest absolute Gasteiger partial charge is 0.471 e. The molecule has 0 saturated heterocycles. The summed E-state index contributed by atoms with van der Waals surface area (Å²) < 4.78 is 41.9. The van der Waals surface area contributed by atoms with Crippen LogP contribution in [0.5, 0.6) is 5.75 Å². The molecule has 2 N–H and O–H groups in total. The molecule has 2 aromatic rings. The van der Waals surface area contributed by atoms with Crippen molar-refractivity contribution in [3.63, 3.8) is 0 Å². The Hall–Kier alpha value is -2.55. The highest BCUT2D eigenvalue weighted by molar-refractivity contribution is 7.15. The van der Waals surface area contributed by atoms with Crippen molar-refractivity contribution in [2.45, 2.75) is 6.18 Å². The van der Waals surface area contributed by atoms with Crippen LogP contribution in [0.3, 0.4) is 0 Å². The van der Waals surface area contributed by atoms with Gasteiger partial charge in [0.1, 0.15) is 16.3 Å². The van der Waals surface area contributed by atoms with Gasteiger partial charge < -0.3 is 15.2 Å². The predicted octanol–water partition coefficient (Wildman–Crippen LogP) is 3.62. The molecule has 0 bridgehead atoms. The highest BCUT2D eigenvalue weighted by atomic mass is 32.1. The van der Waals surface area contributed by atoms with Crippen molar-refractivity contribution in [3.8, 4) is 16.9 Å². The number of ether oxygens (including phenoxy) is 1. The van der Waals surface area contributed by atoms with Crippen molar-refractivity contribution in [1.29, 1.82) is 0 Å². The Morgan fingerprint density at radius 2 is 1.83 bits per heavy atom. The first kappa shape index (κ1) is 16.8. The van der Waals surface area contributed by atoms with Gasteiger partial charge in [-0.1, -0.05) is 12.1 Å². The van der Waals surface area contributed by atoms with Crippen LogP contribution in [0, 0.1) is 0 Å². The van der Waals surface area contributed by atoms with E-state index in [2.05, 4.69) is 0 Å². The third kappa shape index (κ3) is 3.62. The number of hydrogen-bond donors (Lipinski definition) is 2. The highest BCUT2D eigenvalue weighted by Gasteiger charge is 2.39. The minimum absolute atomic E-state index is 0.211. The Labute approximate surface area is 132 Å². The maximum absolute atomic E-state index is 12.3. The number of hydrogen-bond acceptors (Lipinski definition) is 4. The molecule has 0 aliphatic heterocycles. The first-order chi connectivity index (χ1) is 10.7. The van der Waals surface area contributed by atoms with Gasteiger partial charge in [-0.05, 0) is 17.7 Å². The van der Waals surface area contributed by atoms with Crippen molar-refractivity contribution in [1.82, 2.24) is 0 Å². The number of methoxy groups -OCH3 is 1. The number of aromatic carboxylic acids is 1. The number of rotatable bonds is 4. The fourth-order valence-electron chi connectivity index (χ4n) is 1.82. The van der Waals surface area contributed by atoms with Gasteiger partial charge in [0.05, 0.1) is 7.11 Å². The molecule has 9 heteroatoms. The lowest BCUT2D eigenvalue weighted by Gasteiger charge is -2.08. The van der Waals surface area contributed by atoms with E-state index >= 15 is 0 Å². The van der Waals surface area contributed by atoms with E-state index in [0.29, 0.717) is 22.6 Å². The summed E-state index contributed by atoms with van der Waals surface area (Å²) in [5.41, 5.74) is 0.298. The molecule has 0 unspecified atom stereocenters. The molecule has 1 heterocycles. The van der Waals surface area contributed by atoms with Crippen LogP contribution in [0.15, 0.2) is 29.6 Å². The normalized spacial score (nSPS) is 11.1. The third-order valence-corrected chi connectivity index (χ3v) is 3.79. The molecule has 0 aliphatic rings. The van der Waals surface area contributed by atoms with Gasteiger partial charge >= 0.3 is 18.1 Å². The van der Waals surface area contributed by atoms with Crippen LogP contribution in [0.2, 0.25) is 0 Å². The van der Waals surface area contributed by atoms with Crippen molar-refractivity contribution >= 4 is 28.2 Å². The molecular formula is C14H10F3NO4S. The average molecular weight is 345 g/mol. The van der Waals surface area contributed by atoms with Crippen LogP contribution in [0.1, 0.15) is 10.4 Å². The molecule has 1 aromatic carbocycles. The molecule has 0 fully saturated rings. The number of carbonyl (C=O) groups excluding carboxylic acids is 1. The van der Waals surface area contributed by atoms with Crippen molar-refractivity contribution in [2.75, 3.05) is 12.4 Å². The number of benzene rings is 1. The van der Waals surface area contributed by atoms with Gasteiger partial charge in [0.15, 0.2) is 0 Å². The minimum Gasteiger partial charge on any atom is -0.497 e.